The molecule has 0 unspecified atom stereocenters. The van der Waals surface area contributed by atoms with Gasteiger partial charge in [-0.1, -0.05) is 29.8 Å². The van der Waals surface area contributed by atoms with Crippen LogP contribution in [0, 0.1) is 53.1 Å². The second kappa shape index (κ2) is 27.3. The molecule has 0 radical (unpaired) electrons. The normalized spacial score (nSPS) is 13.1. The van der Waals surface area contributed by atoms with Gasteiger partial charge in [0.2, 0.25) is 31.9 Å². The molecule has 2 aliphatic heterocycles. The molecule has 3 N–H and O–H groups in total. The van der Waals surface area contributed by atoms with E-state index in [9.17, 15) is 73.3 Å². The Morgan fingerprint density at radius 3 is 1.59 bits per heavy atom. The summed E-state index contributed by atoms with van der Waals surface area (Å²) in [5.41, 5.74) is -0.0925. The number of nitriles is 2. The number of aromatic nitrogens is 3. The largest absolute Gasteiger partial charge is 0.478 e. The molecule has 2 saturated heterocycles. The van der Waals surface area contributed by atoms with Crippen LogP contribution < -0.4 is 19.2 Å². The molecule has 29 heteroatoms. The molecule has 21 nitrogen and oxygen atoms in total. The molecule has 2 aromatic carbocycles. The van der Waals surface area contributed by atoms with E-state index in [4.69, 9.17) is 26.2 Å². The maximum absolute atomic E-state index is 13.5. The molecular formula is C50H47ClF5N9O12S2. The van der Waals surface area contributed by atoms with Crippen molar-refractivity contribution in [2.24, 2.45) is 11.8 Å². The molecule has 2 aliphatic rings. The van der Waals surface area contributed by atoms with Gasteiger partial charge in [-0.25, -0.2) is 63.1 Å². The van der Waals surface area contributed by atoms with Crippen LogP contribution >= 0.6 is 11.6 Å². The van der Waals surface area contributed by atoms with Crippen molar-refractivity contribution < 1.29 is 77.3 Å². The molecule has 0 atom stereocenters. The number of carbonyl (C=O) groups is 5. The Hall–Kier alpha value is -8.34. The number of amides is 2. The fourth-order valence-electron chi connectivity index (χ4n) is 7.48. The number of pyridine rings is 3. The summed E-state index contributed by atoms with van der Waals surface area (Å²) in [6.45, 7) is 1.95. The standard InChI is InChI=1S/C22H22F2N4O5S.C21H19ClF2N4O5S.C7H6FNO2/c1-3-33-22(30)17-7-15(9-25)20(26-19(17)8-23)28-10-16(11-28)21(29)27-34(31,32)12-14-4-5-18(24)13(2)6-14;1-2-33-21(30)16-5-13(8-25)19(26-18(16)7-23)28-9-14(10-28)20(29)27-34(31,32)11-12-3-4-15(24)6-17(12)22;8-4-6-5(7(10)11)2-1-3-9-6/h4-7,16H,3,8,10-12H2,1-2H3,(H,27,29);3-6,14H,2,7,9-11H2,1H3,(H,27,29);1-3H,4H2,(H,10,11). The molecule has 5 heterocycles. The first-order chi connectivity index (χ1) is 37.4. The summed E-state index contributed by atoms with van der Waals surface area (Å²) in [6.07, 6.45) is 1.36. The quantitative estimate of drug-likeness (QED) is 0.0684. The Morgan fingerprint density at radius 2 is 1.19 bits per heavy atom. The summed E-state index contributed by atoms with van der Waals surface area (Å²) < 4.78 is 129. The Balaban J connectivity index is 0.000000244. The molecule has 0 saturated carbocycles. The number of aryl methyl sites for hydroxylation is 1. The molecule has 3 aromatic heterocycles. The minimum atomic E-state index is -4.11. The van der Waals surface area contributed by atoms with Crippen molar-refractivity contribution in [1.29, 1.82) is 10.5 Å². The van der Waals surface area contributed by atoms with Crippen molar-refractivity contribution in [3.8, 4) is 12.1 Å². The first-order valence-corrected chi connectivity index (χ1v) is 26.9. The number of carboxylic acids is 1. The van der Waals surface area contributed by atoms with Crippen LogP contribution in [0.25, 0.3) is 0 Å². The van der Waals surface area contributed by atoms with E-state index in [-0.39, 0.29) is 112 Å². The molecule has 2 fully saturated rings. The van der Waals surface area contributed by atoms with Gasteiger partial charge >= 0.3 is 17.9 Å². The monoisotopic (exact) mass is 1160 g/mol. The van der Waals surface area contributed by atoms with E-state index in [1.54, 1.807) is 13.8 Å². The number of nitrogens with zero attached hydrogens (tertiary/aromatic N) is 7. The van der Waals surface area contributed by atoms with Gasteiger partial charge in [0, 0.05) is 37.4 Å². The lowest BCUT2D eigenvalue weighted by Gasteiger charge is -2.39. The summed E-state index contributed by atoms with van der Waals surface area (Å²) in [4.78, 5) is 74.0. The molecule has 0 aliphatic carbocycles. The van der Waals surface area contributed by atoms with Crippen molar-refractivity contribution in [2.75, 3.05) is 49.2 Å². The zero-order chi connectivity index (χ0) is 58.4. The Kier molecular flexibility index (Phi) is 21.3. The molecule has 418 valence electrons. The lowest BCUT2D eigenvalue weighted by molar-refractivity contribution is -0.124. The van der Waals surface area contributed by atoms with Gasteiger partial charge in [0.05, 0.1) is 81.5 Å². The van der Waals surface area contributed by atoms with Crippen LogP contribution in [0.2, 0.25) is 5.02 Å². The summed E-state index contributed by atoms with van der Waals surface area (Å²) in [7, 11) is -8.13. The van der Waals surface area contributed by atoms with E-state index in [0.29, 0.717) is 5.56 Å². The number of nitrogens with one attached hydrogen (secondary N) is 2. The second-order valence-electron chi connectivity index (χ2n) is 17.0. The number of hydrogen-bond donors (Lipinski definition) is 3. The Bertz CT molecular complexity index is 3470. The zero-order valence-corrected chi connectivity index (χ0v) is 44.3. The van der Waals surface area contributed by atoms with Crippen molar-refractivity contribution in [1.82, 2.24) is 24.4 Å². The summed E-state index contributed by atoms with van der Waals surface area (Å²) in [5, 5.41) is 27.3. The SMILES string of the molecule is CCOC(=O)c1cc(C#N)c(N2CC(C(=O)NS(=O)(=O)Cc3ccc(F)c(C)c3)C2)nc1CF.CCOC(=O)c1cc(C#N)c(N2CC(C(=O)NS(=O)(=O)Cc3ccc(F)cc3Cl)C2)nc1CF.O=C(O)c1cccnc1CF. The van der Waals surface area contributed by atoms with Crippen molar-refractivity contribution in [3.63, 3.8) is 0 Å². The molecule has 0 bridgehead atoms. The van der Waals surface area contributed by atoms with Crippen LogP contribution in [0.4, 0.5) is 33.6 Å². The van der Waals surface area contributed by atoms with Crippen molar-refractivity contribution in [3.05, 3.63) is 145 Å². The van der Waals surface area contributed by atoms with Crippen LogP contribution in [0.5, 0.6) is 0 Å². The molecule has 0 spiro atoms. The average molecular weight is 1160 g/mol. The summed E-state index contributed by atoms with van der Waals surface area (Å²) in [6, 6.07) is 16.0. The fraction of sp³-hybridized carbons (Fsp3) is 0.320. The highest BCUT2D eigenvalue weighted by Crippen LogP contribution is 2.31. The average Bonchev–Trinajstić information content (AvgIpc) is 3.37. The van der Waals surface area contributed by atoms with E-state index in [1.807, 2.05) is 21.6 Å². The summed E-state index contributed by atoms with van der Waals surface area (Å²) in [5.74, 6) is -7.75. The number of alkyl halides is 3. The number of benzene rings is 2. The number of halogens is 6. The van der Waals surface area contributed by atoms with Crippen LogP contribution in [0.15, 0.2) is 66.9 Å². The predicted octanol–water partition coefficient (Wildman–Crippen LogP) is 5.85. The third-order valence-electron chi connectivity index (χ3n) is 11.5. The highest BCUT2D eigenvalue weighted by molar-refractivity contribution is 7.89. The molecule has 7 rings (SSSR count). The molecule has 79 heavy (non-hydrogen) atoms. The van der Waals surface area contributed by atoms with Crippen LogP contribution in [-0.2, 0) is 70.6 Å². The second-order valence-corrected chi connectivity index (χ2v) is 20.9. The topological polar surface area (TPSA) is 309 Å². The van der Waals surface area contributed by atoms with Crippen LogP contribution in [-0.4, -0.2) is 106 Å². The Labute approximate surface area is 454 Å². The smallest absolute Gasteiger partial charge is 0.340 e. The first kappa shape index (κ1) is 61.5. The molecular weight excluding hydrogens is 1110 g/mol. The maximum Gasteiger partial charge on any atom is 0.340 e. The number of aromatic carboxylic acids is 1. The number of hydrogen-bond acceptors (Lipinski definition) is 18. The Morgan fingerprint density at radius 1 is 0.709 bits per heavy atom. The summed E-state index contributed by atoms with van der Waals surface area (Å²) >= 11 is 5.85. The van der Waals surface area contributed by atoms with E-state index in [2.05, 4.69) is 15.0 Å². The molecule has 2 amide bonds. The number of sulfonamides is 2. The van der Waals surface area contributed by atoms with E-state index in [0.717, 1.165) is 18.2 Å². The number of anilines is 2. The number of esters is 2. The van der Waals surface area contributed by atoms with Gasteiger partial charge in [0.15, 0.2) is 0 Å². The minimum absolute atomic E-state index is 0.00147. The number of carboxylic acid groups (broad SMARTS) is 1. The third kappa shape index (κ3) is 16.1. The highest BCUT2D eigenvalue weighted by atomic mass is 35.5. The predicted molar refractivity (Wildman–Crippen MR) is 271 cm³/mol. The van der Waals surface area contributed by atoms with Crippen molar-refractivity contribution >= 4 is 73.0 Å². The zero-order valence-electron chi connectivity index (χ0n) is 41.9. The third-order valence-corrected chi connectivity index (χ3v) is 14.2. The van der Waals surface area contributed by atoms with Crippen molar-refractivity contribution in [2.45, 2.75) is 52.3 Å². The van der Waals surface area contributed by atoms with Gasteiger partial charge in [-0.15, -0.1) is 0 Å². The first-order valence-electron chi connectivity index (χ1n) is 23.3. The van der Waals surface area contributed by atoms with Gasteiger partial charge in [-0.3, -0.25) is 24.0 Å². The van der Waals surface area contributed by atoms with E-state index in [1.165, 1.54) is 65.4 Å². The van der Waals surface area contributed by atoms with E-state index < -0.39 is 105 Å². The lowest BCUT2D eigenvalue weighted by Crippen LogP contribution is -2.55. The van der Waals surface area contributed by atoms with Gasteiger partial charge in [0.1, 0.15) is 55.4 Å². The minimum Gasteiger partial charge on any atom is -0.478 e. The van der Waals surface area contributed by atoms with Gasteiger partial charge in [-0.05, 0) is 79.9 Å². The molecule has 5 aromatic rings. The van der Waals surface area contributed by atoms with E-state index >= 15 is 0 Å². The number of rotatable bonds is 18. The van der Waals surface area contributed by atoms with Crippen LogP contribution in [0.1, 0.15) is 89.8 Å². The number of ether oxygens (including phenoxy) is 2. The maximum atomic E-state index is 13.5. The van der Waals surface area contributed by atoms with Gasteiger partial charge < -0.3 is 24.4 Å². The highest BCUT2D eigenvalue weighted by Gasteiger charge is 2.39. The van der Waals surface area contributed by atoms with Gasteiger partial charge in [-0.2, -0.15) is 10.5 Å². The van der Waals surface area contributed by atoms with Gasteiger partial charge in [0.25, 0.3) is 0 Å². The number of carbonyl (C=O) groups excluding carboxylic acids is 4. The lowest BCUT2D eigenvalue weighted by atomic mass is 9.98. The van der Waals surface area contributed by atoms with Crippen LogP contribution in [0.3, 0.4) is 0 Å². The fourth-order valence-corrected chi connectivity index (χ4v) is 10.2.